The minimum atomic E-state index is -3.65. The molecule has 0 aromatic carbocycles. The summed E-state index contributed by atoms with van der Waals surface area (Å²) in [6, 6.07) is 0. The SMILES string of the molecule is CCC(CC)CNS(=O)(=O)CC(=O)O. The minimum absolute atomic E-state index is 0.276. The van der Waals surface area contributed by atoms with Gasteiger partial charge >= 0.3 is 5.97 Å². The number of rotatable bonds is 7. The predicted octanol–water partition coefficient (Wildman–Crippen LogP) is 0.427. The standard InChI is InChI=1S/C8H17NO4S/c1-3-7(4-2)5-9-14(12,13)6-8(10)11/h7,9H,3-6H2,1-2H3,(H,10,11). The number of carbonyl (C=O) groups is 1. The van der Waals surface area contributed by atoms with Crippen LogP contribution in [0.4, 0.5) is 0 Å². The van der Waals surface area contributed by atoms with Gasteiger partial charge in [-0.1, -0.05) is 26.7 Å². The van der Waals surface area contributed by atoms with Crippen LogP contribution in [0.3, 0.4) is 0 Å². The third-order valence-corrected chi connectivity index (χ3v) is 3.29. The van der Waals surface area contributed by atoms with Crippen LogP contribution in [0, 0.1) is 5.92 Å². The summed E-state index contributed by atoms with van der Waals surface area (Å²) in [5, 5.41) is 8.31. The quantitative estimate of drug-likeness (QED) is 0.655. The average molecular weight is 223 g/mol. The highest BCUT2D eigenvalue weighted by Crippen LogP contribution is 2.05. The number of sulfonamides is 1. The van der Waals surface area contributed by atoms with E-state index in [1.54, 1.807) is 0 Å². The van der Waals surface area contributed by atoms with Crippen molar-refractivity contribution in [2.45, 2.75) is 26.7 Å². The normalized spacial score (nSPS) is 11.9. The van der Waals surface area contributed by atoms with Crippen molar-refractivity contribution in [1.29, 1.82) is 0 Å². The molecule has 0 aromatic heterocycles. The molecule has 84 valence electrons. The first-order valence-corrected chi connectivity index (χ1v) is 6.25. The molecule has 0 bridgehead atoms. The van der Waals surface area contributed by atoms with Gasteiger partial charge in [0.15, 0.2) is 5.75 Å². The van der Waals surface area contributed by atoms with E-state index in [2.05, 4.69) is 4.72 Å². The van der Waals surface area contributed by atoms with Gasteiger partial charge in [-0.15, -0.1) is 0 Å². The van der Waals surface area contributed by atoms with E-state index in [-0.39, 0.29) is 5.92 Å². The van der Waals surface area contributed by atoms with Gasteiger partial charge in [-0.3, -0.25) is 4.79 Å². The molecule has 2 N–H and O–H groups in total. The molecule has 0 aromatic rings. The van der Waals surface area contributed by atoms with Crippen LogP contribution in [-0.2, 0) is 14.8 Å². The Labute approximate surface area is 84.6 Å². The fraction of sp³-hybridized carbons (Fsp3) is 0.875. The summed E-state index contributed by atoms with van der Waals surface area (Å²) < 4.78 is 24.5. The second kappa shape index (κ2) is 5.98. The Morgan fingerprint density at radius 1 is 1.36 bits per heavy atom. The zero-order valence-electron chi connectivity index (χ0n) is 8.49. The summed E-state index contributed by atoms with van der Waals surface area (Å²) in [6.45, 7) is 4.27. The van der Waals surface area contributed by atoms with Gasteiger partial charge in [0.1, 0.15) is 0 Å². The van der Waals surface area contributed by atoms with Crippen molar-refractivity contribution in [2.75, 3.05) is 12.3 Å². The van der Waals surface area contributed by atoms with E-state index in [0.29, 0.717) is 6.54 Å². The van der Waals surface area contributed by atoms with Gasteiger partial charge < -0.3 is 5.11 Å². The summed E-state index contributed by atoms with van der Waals surface area (Å²) in [5.41, 5.74) is 0. The molecule has 14 heavy (non-hydrogen) atoms. The maximum Gasteiger partial charge on any atom is 0.320 e. The summed E-state index contributed by atoms with van der Waals surface area (Å²) in [4.78, 5) is 10.2. The van der Waals surface area contributed by atoms with Crippen molar-refractivity contribution in [2.24, 2.45) is 5.92 Å². The number of carboxylic acid groups (broad SMARTS) is 1. The molecule has 5 nitrogen and oxygen atoms in total. The predicted molar refractivity (Wildman–Crippen MR) is 53.5 cm³/mol. The number of carboxylic acids is 1. The first-order valence-electron chi connectivity index (χ1n) is 4.60. The van der Waals surface area contributed by atoms with Gasteiger partial charge in [-0.25, -0.2) is 13.1 Å². The Morgan fingerprint density at radius 2 is 1.86 bits per heavy atom. The molecule has 0 saturated heterocycles. The monoisotopic (exact) mass is 223 g/mol. The molecule has 0 unspecified atom stereocenters. The lowest BCUT2D eigenvalue weighted by Crippen LogP contribution is -2.33. The van der Waals surface area contributed by atoms with E-state index in [1.165, 1.54) is 0 Å². The highest BCUT2D eigenvalue weighted by atomic mass is 32.2. The first-order chi connectivity index (χ1) is 6.41. The van der Waals surface area contributed by atoms with E-state index in [4.69, 9.17) is 5.11 Å². The first kappa shape index (κ1) is 13.4. The Morgan fingerprint density at radius 3 is 2.21 bits per heavy atom. The number of hydrogen-bond donors (Lipinski definition) is 2. The van der Waals surface area contributed by atoms with Crippen LogP contribution in [0.15, 0.2) is 0 Å². The van der Waals surface area contributed by atoms with E-state index in [9.17, 15) is 13.2 Å². The lowest BCUT2D eigenvalue weighted by atomic mass is 10.0. The van der Waals surface area contributed by atoms with Gasteiger partial charge in [0, 0.05) is 6.54 Å². The molecule has 0 aliphatic rings. The Hall–Kier alpha value is -0.620. The van der Waals surface area contributed by atoms with Crippen LogP contribution in [0.2, 0.25) is 0 Å². The number of aliphatic carboxylic acids is 1. The zero-order valence-corrected chi connectivity index (χ0v) is 9.30. The summed E-state index contributed by atoms with van der Waals surface area (Å²) in [6.07, 6.45) is 1.76. The van der Waals surface area contributed by atoms with Crippen molar-refractivity contribution in [1.82, 2.24) is 4.72 Å². The molecular formula is C8H17NO4S. The van der Waals surface area contributed by atoms with Crippen LogP contribution in [0.5, 0.6) is 0 Å². The van der Waals surface area contributed by atoms with Crippen molar-refractivity contribution < 1.29 is 18.3 Å². The van der Waals surface area contributed by atoms with E-state index < -0.39 is 21.7 Å². The second-order valence-corrected chi connectivity index (χ2v) is 4.99. The highest BCUT2D eigenvalue weighted by molar-refractivity contribution is 7.90. The summed E-state index contributed by atoms with van der Waals surface area (Å²) >= 11 is 0. The minimum Gasteiger partial charge on any atom is -0.480 e. The molecule has 0 heterocycles. The fourth-order valence-electron chi connectivity index (χ4n) is 1.04. The molecule has 6 heteroatoms. The van der Waals surface area contributed by atoms with Crippen LogP contribution in [0.1, 0.15) is 26.7 Å². The van der Waals surface area contributed by atoms with Crippen LogP contribution in [0.25, 0.3) is 0 Å². The molecule has 0 spiro atoms. The van der Waals surface area contributed by atoms with Crippen LogP contribution >= 0.6 is 0 Å². The van der Waals surface area contributed by atoms with Crippen LogP contribution < -0.4 is 4.72 Å². The van der Waals surface area contributed by atoms with Crippen molar-refractivity contribution in [3.8, 4) is 0 Å². The summed E-state index contributed by atoms with van der Waals surface area (Å²) in [5.74, 6) is -1.91. The van der Waals surface area contributed by atoms with Gasteiger partial charge in [-0.05, 0) is 5.92 Å². The van der Waals surface area contributed by atoms with E-state index in [1.807, 2.05) is 13.8 Å². The van der Waals surface area contributed by atoms with Crippen molar-refractivity contribution in [3.05, 3.63) is 0 Å². The molecule has 0 aliphatic carbocycles. The molecule has 0 radical (unpaired) electrons. The molecule has 0 amide bonds. The van der Waals surface area contributed by atoms with Gasteiger partial charge in [-0.2, -0.15) is 0 Å². The highest BCUT2D eigenvalue weighted by Gasteiger charge is 2.16. The fourth-order valence-corrected chi connectivity index (χ4v) is 1.95. The van der Waals surface area contributed by atoms with Gasteiger partial charge in [0.2, 0.25) is 10.0 Å². The molecule has 0 saturated carbocycles. The zero-order chi connectivity index (χ0) is 11.2. The largest absolute Gasteiger partial charge is 0.480 e. The number of nitrogens with one attached hydrogen (secondary N) is 1. The van der Waals surface area contributed by atoms with Crippen molar-refractivity contribution in [3.63, 3.8) is 0 Å². The molecule has 0 atom stereocenters. The average Bonchev–Trinajstić information content (AvgIpc) is 2.03. The molecule has 0 aliphatic heterocycles. The topological polar surface area (TPSA) is 83.5 Å². The lowest BCUT2D eigenvalue weighted by Gasteiger charge is -2.12. The third-order valence-electron chi connectivity index (χ3n) is 2.06. The molecule has 0 fully saturated rings. The van der Waals surface area contributed by atoms with Gasteiger partial charge in [0.25, 0.3) is 0 Å². The van der Waals surface area contributed by atoms with E-state index >= 15 is 0 Å². The molecular weight excluding hydrogens is 206 g/mol. The van der Waals surface area contributed by atoms with Crippen molar-refractivity contribution >= 4 is 16.0 Å². The van der Waals surface area contributed by atoms with E-state index in [0.717, 1.165) is 12.8 Å². The lowest BCUT2D eigenvalue weighted by molar-refractivity contribution is -0.134. The Bertz CT molecular complexity index is 269. The second-order valence-electron chi connectivity index (χ2n) is 3.18. The maximum atomic E-state index is 11.1. The van der Waals surface area contributed by atoms with Gasteiger partial charge in [0.05, 0.1) is 0 Å². The smallest absolute Gasteiger partial charge is 0.320 e. The Kier molecular flexibility index (Phi) is 5.71. The summed E-state index contributed by atoms with van der Waals surface area (Å²) in [7, 11) is -3.65. The van der Waals surface area contributed by atoms with Crippen LogP contribution in [-0.4, -0.2) is 31.8 Å². The number of hydrogen-bond acceptors (Lipinski definition) is 3. The maximum absolute atomic E-state index is 11.1. The third kappa shape index (κ3) is 5.93. The molecule has 0 rings (SSSR count). The Balaban J connectivity index is 4.05.